The molecule has 1 aliphatic rings. The average molecular weight is 224 g/mol. The highest BCUT2D eigenvalue weighted by Crippen LogP contribution is 2.14. The van der Waals surface area contributed by atoms with Crippen molar-refractivity contribution in [3.8, 4) is 0 Å². The summed E-state index contributed by atoms with van der Waals surface area (Å²) in [7, 11) is 0. The van der Waals surface area contributed by atoms with E-state index in [-0.39, 0.29) is 5.76 Å². The van der Waals surface area contributed by atoms with Crippen molar-refractivity contribution in [3.05, 3.63) is 59.0 Å². The summed E-state index contributed by atoms with van der Waals surface area (Å²) in [5, 5.41) is 23.5. The van der Waals surface area contributed by atoms with Crippen LogP contribution in [0.25, 0.3) is 22.6 Å². The van der Waals surface area contributed by atoms with E-state index in [1.807, 2.05) is 42.5 Å². The maximum absolute atomic E-state index is 9.95. The smallest absolute Gasteiger partial charge is 0.136 e. The molecular weight excluding hydrogens is 212 g/mol. The lowest BCUT2D eigenvalue weighted by atomic mass is 9.96. The number of hydrogen-bond acceptors (Lipinski definition) is 2. The van der Waals surface area contributed by atoms with Crippen LogP contribution in [0.15, 0.2) is 48.6 Å². The van der Waals surface area contributed by atoms with Crippen molar-refractivity contribution < 1.29 is 10.2 Å². The highest BCUT2D eigenvalue weighted by molar-refractivity contribution is 5.86. The van der Waals surface area contributed by atoms with Crippen molar-refractivity contribution >= 4 is 22.6 Å². The molecule has 0 aromatic heterocycles. The molecule has 2 N–H and O–H groups in total. The van der Waals surface area contributed by atoms with E-state index in [0.29, 0.717) is 10.8 Å². The van der Waals surface area contributed by atoms with E-state index in [4.69, 9.17) is 0 Å². The fraction of sp³-hybridized carbons (Fsp3) is 0.0667. The molecule has 2 nitrogen and oxygen atoms in total. The number of fused-ring (bicyclic) bond motifs is 3. The summed E-state index contributed by atoms with van der Waals surface area (Å²) < 4.78 is 0. The Bertz CT molecular complexity index is 741. The normalized spacial score (nSPS) is 19.0. The van der Waals surface area contributed by atoms with Crippen LogP contribution in [-0.4, -0.2) is 16.3 Å². The molecule has 0 saturated heterocycles. The molecule has 84 valence electrons. The van der Waals surface area contributed by atoms with Crippen molar-refractivity contribution in [1.29, 1.82) is 0 Å². The molecule has 0 bridgehead atoms. The van der Waals surface area contributed by atoms with Crippen LogP contribution in [-0.2, 0) is 0 Å². The van der Waals surface area contributed by atoms with Crippen LogP contribution in [0.1, 0.15) is 0 Å². The van der Waals surface area contributed by atoms with Crippen LogP contribution < -0.4 is 10.4 Å². The molecule has 0 fully saturated rings. The van der Waals surface area contributed by atoms with E-state index in [0.717, 1.165) is 16.0 Å². The second-order valence-corrected chi connectivity index (χ2v) is 4.25. The van der Waals surface area contributed by atoms with Gasteiger partial charge < -0.3 is 10.2 Å². The zero-order chi connectivity index (χ0) is 12.0. The third-order valence-electron chi connectivity index (χ3n) is 3.19. The van der Waals surface area contributed by atoms with Gasteiger partial charge in [0.15, 0.2) is 0 Å². The van der Waals surface area contributed by atoms with E-state index in [9.17, 15) is 10.2 Å². The average Bonchev–Trinajstić information content (AvgIpc) is 2.36. The molecule has 0 heterocycles. The van der Waals surface area contributed by atoms with Crippen molar-refractivity contribution in [2.45, 2.75) is 6.10 Å². The van der Waals surface area contributed by atoms with Crippen molar-refractivity contribution in [2.75, 3.05) is 0 Å². The van der Waals surface area contributed by atoms with Crippen LogP contribution >= 0.6 is 0 Å². The maximum atomic E-state index is 9.95. The van der Waals surface area contributed by atoms with Gasteiger partial charge in [-0.1, -0.05) is 43.0 Å². The molecule has 0 spiro atoms. The molecule has 2 heteroatoms. The van der Waals surface area contributed by atoms with E-state index < -0.39 is 6.10 Å². The highest BCUT2D eigenvalue weighted by atomic mass is 16.3. The Hall–Kier alpha value is -2.06. The molecule has 2 aromatic carbocycles. The number of benzene rings is 2. The predicted molar refractivity (Wildman–Crippen MR) is 68.8 cm³/mol. The van der Waals surface area contributed by atoms with Gasteiger partial charge in [0.05, 0.1) is 0 Å². The van der Waals surface area contributed by atoms with Gasteiger partial charge in [0, 0.05) is 5.22 Å². The Morgan fingerprint density at radius 3 is 2.65 bits per heavy atom. The first kappa shape index (κ1) is 10.1. The van der Waals surface area contributed by atoms with Gasteiger partial charge in [-0.15, -0.1) is 0 Å². The minimum Gasteiger partial charge on any atom is -0.509 e. The van der Waals surface area contributed by atoms with Crippen LogP contribution in [0.5, 0.6) is 0 Å². The van der Waals surface area contributed by atoms with Crippen molar-refractivity contribution in [2.24, 2.45) is 0 Å². The molecule has 3 rings (SSSR count). The molecule has 0 saturated carbocycles. The molecule has 1 atom stereocenters. The zero-order valence-corrected chi connectivity index (χ0v) is 9.22. The number of rotatable bonds is 0. The lowest BCUT2D eigenvalue weighted by molar-refractivity contribution is 0.231. The quantitative estimate of drug-likeness (QED) is 0.706. The van der Waals surface area contributed by atoms with E-state index in [2.05, 4.69) is 6.58 Å². The summed E-state index contributed by atoms with van der Waals surface area (Å²) in [4.78, 5) is 0. The van der Waals surface area contributed by atoms with Crippen LogP contribution in [0.2, 0.25) is 0 Å². The minimum atomic E-state index is -0.983. The summed E-state index contributed by atoms with van der Waals surface area (Å²) in [6, 6.07) is 11.7. The minimum absolute atomic E-state index is 0.0155. The molecule has 0 amide bonds. The van der Waals surface area contributed by atoms with Crippen LogP contribution in [0, 0.1) is 0 Å². The first-order valence-corrected chi connectivity index (χ1v) is 5.48. The Kier molecular flexibility index (Phi) is 2.06. The van der Waals surface area contributed by atoms with Gasteiger partial charge in [-0.05, 0) is 27.6 Å². The van der Waals surface area contributed by atoms with Gasteiger partial charge in [0.25, 0.3) is 0 Å². The molecule has 2 aromatic rings. The number of hydrogen-bond donors (Lipinski definition) is 2. The third-order valence-corrected chi connectivity index (χ3v) is 3.19. The number of aliphatic hydroxyl groups excluding tert-OH is 2. The standard InChI is InChI=1S/C15H12O2/c1-9-8-13-11-5-3-2-4-10(11)6-7-12(13)15(17)14(9)16/h2-8,14,16-17H,1H2. The van der Waals surface area contributed by atoms with Crippen molar-refractivity contribution in [3.63, 3.8) is 0 Å². The van der Waals surface area contributed by atoms with E-state index in [1.54, 1.807) is 0 Å². The largest absolute Gasteiger partial charge is 0.509 e. The van der Waals surface area contributed by atoms with Crippen molar-refractivity contribution in [1.82, 2.24) is 0 Å². The Labute approximate surface area is 98.5 Å². The Morgan fingerprint density at radius 1 is 1.06 bits per heavy atom. The first-order chi connectivity index (χ1) is 8.18. The van der Waals surface area contributed by atoms with E-state index in [1.165, 1.54) is 0 Å². The first-order valence-electron chi connectivity index (χ1n) is 5.48. The van der Waals surface area contributed by atoms with Gasteiger partial charge in [-0.3, -0.25) is 0 Å². The van der Waals surface area contributed by atoms with Gasteiger partial charge in [0.1, 0.15) is 11.9 Å². The zero-order valence-electron chi connectivity index (χ0n) is 9.22. The molecule has 1 unspecified atom stereocenters. The second-order valence-electron chi connectivity index (χ2n) is 4.25. The molecule has 0 aliphatic heterocycles. The maximum Gasteiger partial charge on any atom is 0.136 e. The van der Waals surface area contributed by atoms with E-state index >= 15 is 0 Å². The third kappa shape index (κ3) is 1.38. The van der Waals surface area contributed by atoms with Crippen LogP contribution in [0.3, 0.4) is 0 Å². The molecule has 17 heavy (non-hydrogen) atoms. The molecular formula is C15H12O2. The lowest BCUT2D eigenvalue weighted by Crippen LogP contribution is -2.36. The molecule has 0 radical (unpaired) electrons. The van der Waals surface area contributed by atoms with Gasteiger partial charge in [-0.2, -0.15) is 0 Å². The fourth-order valence-corrected chi connectivity index (χ4v) is 2.26. The predicted octanol–water partition coefficient (Wildman–Crippen LogP) is 1.22. The lowest BCUT2D eigenvalue weighted by Gasteiger charge is -2.15. The fourth-order valence-electron chi connectivity index (χ4n) is 2.26. The Morgan fingerprint density at radius 2 is 1.82 bits per heavy atom. The SMILES string of the molecule is C=C1C=c2c(ccc3ccccc23)=C(O)C1O. The Balaban J connectivity index is 2.59. The monoisotopic (exact) mass is 224 g/mol. The van der Waals surface area contributed by atoms with Gasteiger partial charge in [-0.25, -0.2) is 0 Å². The summed E-state index contributed by atoms with van der Waals surface area (Å²) in [6.07, 6.45) is 0.853. The van der Waals surface area contributed by atoms with Gasteiger partial charge in [0.2, 0.25) is 0 Å². The molecule has 1 aliphatic carbocycles. The van der Waals surface area contributed by atoms with Crippen LogP contribution in [0.4, 0.5) is 0 Å². The summed E-state index contributed by atoms with van der Waals surface area (Å²) in [5.74, 6) is -0.0155. The summed E-state index contributed by atoms with van der Waals surface area (Å²) in [6.45, 7) is 3.76. The van der Waals surface area contributed by atoms with Gasteiger partial charge >= 0.3 is 0 Å². The summed E-state index contributed by atoms with van der Waals surface area (Å²) in [5.41, 5.74) is 0.520. The second kappa shape index (κ2) is 3.47. The number of aliphatic hydroxyl groups is 2. The topological polar surface area (TPSA) is 40.5 Å². The summed E-state index contributed by atoms with van der Waals surface area (Å²) >= 11 is 0. The highest BCUT2D eigenvalue weighted by Gasteiger charge is 2.17.